The Labute approximate surface area is 178 Å². The summed E-state index contributed by atoms with van der Waals surface area (Å²) in [4.78, 5) is 25.2. The molecule has 0 radical (unpaired) electrons. The minimum absolute atomic E-state index is 0.0382. The minimum Gasteiger partial charge on any atom is -0.489 e. The molecule has 29 heavy (non-hydrogen) atoms. The zero-order chi connectivity index (χ0) is 21.0. The summed E-state index contributed by atoms with van der Waals surface area (Å²) < 4.78 is 6.30. The number of carbonyl (C=O) groups is 1. The number of non-ortho nitro benzene ring substituents is 1. The van der Waals surface area contributed by atoms with E-state index in [1.54, 1.807) is 29.2 Å². The number of nitrogens with zero attached hydrogens (tertiary/aromatic N) is 2. The van der Waals surface area contributed by atoms with E-state index in [2.05, 4.69) is 13.8 Å². The number of amides is 1. The van der Waals surface area contributed by atoms with Crippen LogP contribution in [0.2, 0.25) is 0 Å². The van der Waals surface area contributed by atoms with Crippen molar-refractivity contribution >= 4 is 46.0 Å². The van der Waals surface area contributed by atoms with Crippen molar-refractivity contribution in [3.63, 3.8) is 0 Å². The van der Waals surface area contributed by atoms with Crippen molar-refractivity contribution in [2.45, 2.75) is 20.5 Å². The summed E-state index contributed by atoms with van der Waals surface area (Å²) in [6.45, 7) is 4.95. The maximum atomic E-state index is 12.5. The Morgan fingerprint density at radius 2 is 1.97 bits per heavy atom. The molecule has 150 valence electrons. The molecule has 0 unspecified atom stereocenters. The largest absolute Gasteiger partial charge is 0.489 e. The standard InChI is InChI=1S/C21H20N2O4S2/c1-14(2)12-22-20(24)19(29-21(22)28)11-15-6-8-18(9-7-15)27-13-16-4-3-5-17(10-16)23(25)26/h3-11,14H,12-13H2,1-2H3/b19-11-. The van der Waals surface area contributed by atoms with Crippen molar-refractivity contribution in [3.8, 4) is 5.75 Å². The maximum Gasteiger partial charge on any atom is 0.269 e. The molecule has 0 saturated carbocycles. The van der Waals surface area contributed by atoms with E-state index in [4.69, 9.17) is 17.0 Å². The molecule has 1 heterocycles. The first-order chi connectivity index (χ1) is 13.8. The average Bonchev–Trinajstić information content (AvgIpc) is 2.94. The lowest BCUT2D eigenvalue weighted by atomic mass is 10.2. The first-order valence-electron chi connectivity index (χ1n) is 9.05. The monoisotopic (exact) mass is 428 g/mol. The number of rotatable bonds is 7. The molecule has 0 aromatic heterocycles. The van der Waals surface area contributed by atoms with Crippen LogP contribution in [-0.2, 0) is 11.4 Å². The smallest absolute Gasteiger partial charge is 0.269 e. The van der Waals surface area contributed by atoms with Gasteiger partial charge in [0.25, 0.3) is 11.6 Å². The van der Waals surface area contributed by atoms with Gasteiger partial charge in [-0.25, -0.2) is 0 Å². The number of benzene rings is 2. The van der Waals surface area contributed by atoms with Gasteiger partial charge in [0, 0.05) is 18.7 Å². The van der Waals surface area contributed by atoms with Gasteiger partial charge in [0.2, 0.25) is 0 Å². The molecule has 6 nitrogen and oxygen atoms in total. The Morgan fingerprint density at radius 3 is 2.62 bits per heavy atom. The van der Waals surface area contributed by atoms with Crippen LogP contribution in [-0.4, -0.2) is 26.6 Å². The van der Waals surface area contributed by atoms with E-state index in [0.29, 0.717) is 27.4 Å². The van der Waals surface area contributed by atoms with Crippen molar-refractivity contribution < 1.29 is 14.5 Å². The Kier molecular flexibility index (Phi) is 6.66. The molecule has 1 fully saturated rings. The highest BCUT2D eigenvalue weighted by atomic mass is 32.2. The molecule has 0 bridgehead atoms. The van der Waals surface area contributed by atoms with Gasteiger partial charge in [0.05, 0.1) is 9.83 Å². The first kappa shape index (κ1) is 21.0. The van der Waals surface area contributed by atoms with Crippen molar-refractivity contribution in [2.75, 3.05) is 6.54 Å². The van der Waals surface area contributed by atoms with Gasteiger partial charge in [-0.15, -0.1) is 0 Å². The van der Waals surface area contributed by atoms with Crippen LogP contribution < -0.4 is 4.74 Å². The second-order valence-electron chi connectivity index (χ2n) is 6.97. The molecule has 0 atom stereocenters. The predicted octanol–water partition coefficient (Wildman–Crippen LogP) is 5.03. The third-order valence-electron chi connectivity index (χ3n) is 4.13. The van der Waals surface area contributed by atoms with Gasteiger partial charge in [-0.05, 0) is 35.3 Å². The fourth-order valence-electron chi connectivity index (χ4n) is 2.76. The summed E-state index contributed by atoms with van der Waals surface area (Å²) in [7, 11) is 0. The van der Waals surface area contributed by atoms with Crippen LogP contribution in [0, 0.1) is 16.0 Å². The van der Waals surface area contributed by atoms with Gasteiger partial charge < -0.3 is 4.74 Å². The van der Waals surface area contributed by atoms with E-state index in [-0.39, 0.29) is 18.2 Å². The summed E-state index contributed by atoms with van der Waals surface area (Å²) in [5.74, 6) is 0.931. The molecule has 2 aromatic carbocycles. The SMILES string of the molecule is CC(C)CN1C(=O)/C(=C/c2ccc(OCc3cccc([N+](=O)[O-])c3)cc2)SC1=S. The lowest BCUT2D eigenvalue weighted by Crippen LogP contribution is -2.31. The summed E-state index contributed by atoms with van der Waals surface area (Å²) in [6, 6.07) is 13.7. The topological polar surface area (TPSA) is 72.7 Å². The Bertz CT molecular complexity index is 971. The Hall–Kier alpha value is -2.71. The zero-order valence-corrected chi connectivity index (χ0v) is 17.7. The molecule has 1 aliphatic heterocycles. The lowest BCUT2D eigenvalue weighted by molar-refractivity contribution is -0.384. The van der Waals surface area contributed by atoms with E-state index in [1.165, 1.54) is 23.9 Å². The fraction of sp³-hybridized carbons (Fsp3) is 0.238. The molecule has 3 rings (SSSR count). The molecular weight excluding hydrogens is 408 g/mol. The van der Waals surface area contributed by atoms with Crippen LogP contribution in [0.4, 0.5) is 5.69 Å². The van der Waals surface area contributed by atoms with Gasteiger partial charge in [-0.2, -0.15) is 0 Å². The highest BCUT2D eigenvalue weighted by molar-refractivity contribution is 8.26. The Morgan fingerprint density at radius 1 is 1.24 bits per heavy atom. The number of nitro benzene ring substituents is 1. The number of hydrogen-bond acceptors (Lipinski definition) is 6. The van der Waals surface area contributed by atoms with Gasteiger partial charge in [-0.1, -0.05) is 62.1 Å². The first-order valence-corrected chi connectivity index (χ1v) is 10.3. The van der Waals surface area contributed by atoms with Gasteiger partial charge >= 0.3 is 0 Å². The number of thioether (sulfide) groups is 1. The van der Waals surface area contributed by atoms with E-state index in [1.807, 2.05) is 18.2 Å². The minimum atomic E-state index is -0.428. The number of carbonyl (C=O) groups excluding carboxylic acids is 1. The highest BCUT2D eigenvalue weighted by Gasteiger charge is 2.32. The van der Waals surface area contributed by atoms with Crippen LogP contribution in [0.5, 0.6) is 5.75 Å². The van der Waals surface area contributed by atoms with Crippen LogP contribution in [0.25, 0.3) is 6.08 Å². The summed E-state index contributed by atoms with van der Waals surface area (Å²) in [6.07, 6.45) is 1.82. The van der Waals surface area contributed by atoms with Gasteiger partial charge in [0.1, 0.15) is 16.7 Å². The van der Waals surface area contributed by atoms with E-state index < -0.39 is 4.92 Å². The van der Waals surface area contributed by atoms with Gasteiger partial charge in [0.15, 0.2) is 0 Å². The predicted molar refractivity (Wildman–Crippen MR) is 119 cm³/mol. The van der Waals surface area contributed by atoms with Crippen molar-refractivity contribution in [1.29, 1.82) is 0 Å². The van der Waals surface area contributed by atoms with Crippen molar-refractivity contribution in [2.24, 2.45) is 5.92 Å². The number of hydrogen-bond donors (Lipinski definition) is 0. The molecule has 2 aromatic rings. The van der Waals surface area contributed by atoms with Crippen LogP contribution in [0.15, 0.2) is 53.4 Å². The maximum absolute atomic E-state index is 12.5. The normalized spacial score (nSPS) is 15.4. The number of nitro groups is 1. The third kappa shape index (κ3) is 5.42. The summed E-state index contributed by atoms with van der Waals surface area (Å²) >= 11 is 6.64. The fourth-order valence-corrected chi connectivity index (χ4v) is 4.04. The zero-order valence-electron chi connectivity index (χ0n) is 16.0. The van der Waals surface area contributed by atoms with E-state index >= 15 is 0 Å². The lowest BCUT2D eigenvalue weighted by Gasteiger charge is -2.16. The van der Waals surface area contributed by atoms with Crippen LogP contribution in [0.1, 0.15) is 25.0 Å². The van der Waals surface area contributed by atoms with Gasteiger partial charge in [-0.3, -0.25) is 19.8 Å². The molecular formula is C21H20N2O4S2. The second kappa shape index (κ2) is 9.19. The van der Waals surface area contributed by atoms with Crippen molar-refractivity contribution in [3.05, 3.63) is 74.7 Å². The molecule has 0 aliphatic carbocycles. The quantitative estimate of drug-likeness (QED) is 0.267. The average molecular weight is 429 g/mol. The molecule has 1 aliphatic rings. The van der Waals surface area contributed by atoms with Crippen LogP contribution in [0.3, 0.4) is 0 Å². The number of ether oxygens (including phenoxy) is 1. The summed E-state index contributed by atoms with van der Waals surface area (Å²) in [5, 5.41) is 10.8. The van der Waals surface area contributed by atoms with E-state index in [9.17, 15) is 14.9 Å². The highest BCUT2D eigenvalue weighted by Crippen LogP contribution is 2.33. The molecule has 0 N–H and O–H groups in total. The Balaban J connectivity index is 1.64. The third-order valence-corrected chi connectivity index (χ3v) is 5.50. The summed E-state index contributed by atoms with van der Waals surface area (Å²) in [5.41, 5.74) is 1.63. The second-order valence-corrected chi connectivity index (χ2v) is 8.65. The molecule has 1 amide bonds. The van der Waals surface area contributed by atoms with E-state index in [0.717, 1.165) is 11.1 Å². The number of thiocarbonyl (C=S) groups is 1. The molecule has 8 heteroatoms. The molecule has 1 saturated heterocycles. The molecule has 0 spiro atoms. The van der Waals surface area contributed by atoms with Crippen LogP contribution >= 0.6 is 24.0 Å². The van der Waals surface area contributed by atoms with Crippen molar-refractivity contribution in [1.82, 2.24) is 4.90 Å².